The highest BCUT2D eigenvalue weighted by Crippen LogP contribution is 2.19. The van der Waals surface area contributed by atoms with Crippen molar-refractivity contribution in [2.75, 3.05) is 11.6 Å². The number of anilines is 1. The van der Waals surface area contributed by atoms with Crippen LogP contribution in [0.2, 0.25) is 0 Å². The van der Waals surface area contributed by atoms with E-state index in [9.17, 15) is 9.59 Å². The summed E-state index contributed by atoms with van der Waals surface area (Å²) < 4.78 is 6.51. The molecule has 10 heteroatoms. The Morgan fingerprint density at radius 1 is 1.23 bits per heavy atom. The number of nitrogens with zero attached hydrogens (tertiary/aromatic N) is 5. The van der Waals surface area contributed by atoms with Crippen LogP contribution in [-0.4, -0.2) is 36.8 Å². The monoisotopic (exact) mass is 420 g/mol. The van der Waals surface area contributed by atoms with Crippen molar-refractivity contribution in [2.24, 2.45) is 0 Å². The maximum Gasteiger partial charge on any atom is 0.263 e. The lowest BCUT2D eigenvalue weighted by Crippen LogP contribution is -2.28. The molecule has 3 aromatic heterocycles. The second kappa shape index (κ2) is 8.70. The number of amides is 1. The van der Waals surface area contributed by atoms with E-state index >= 15 is 0 Å². The van der Waals surface area contributed by atoms with Gasteiger partial charge in [0.1, 0.15) is 17.8 Å². The maximum atomic E-state index is 12.8. The van der Waals surface area contributed by atoms with E-state index in [1.54, 1.807) is 30.0 Å². The number of benzene rings is 1. The molecule has 0 aliphatic heterocycles. The third-order valence-electron chi connectivity index (χ3n) is 4.14. The Labute approximate surface area is 175 Å². The lowest BCUT2D eigenvalue weighted by molar-refractivity contribution is -0.116. The maximum absolute atomic E-state index is 12.8. The summed E-state index contributed by atoms with van der Waals surface area (Å²) in [7, 11) is 0. The third kappa shape index (κ3) is 4.28. The molecule has 30 heavy (non-hydrogen) atoms. The fourth-order valence-electron chi connectivity index (χ4n) is 2.73. The van der Waals surface area contributed by atoms with Crippen molar-refractivity contribution in [3.8, 4) is 23.0 Å². The minimum absolute atomic E-state index is 0.0445. The first-order valence-corrected chi connectivity index (χ1v) is 10.1. The van der Waals surface area contributed by atoms with Gasteiger partial charge in [0.15, 0.2) is 0 Å². The minimum atomic E-state index is -0.417. The number of carbonyl (C=O) groups excluding carboxylic acids is 1. The van der Waals surface area contributed by atoms with Crippen molar-refractivity contribution >= 4 is 23.4 Å². The van der Waals surface area contributed by atoms with Gasteiger partial charge in [0.25, 0.3) is 11.4 Å². The number of aromatic nitrogens is 5. The first-order valence-electron chi connectivity index (χ1n) is 8.88. The summed E-state index contributed by atoms with van der Waals surface area (Å²) in [6.07, 6.45) is 8.02. The van der Waals surface area contributed by atoms with Gasteiger partial charge in [-0.25, -0.2) is 4.98 Å². The van der Waals surface area contributed by atoms with Crippen molar-refractivity contribution in [2.45, 2.75) is 11.4 Å². The molecule has 4 rings (SSSR count). The quantitative estimate of drug-likeness (QED) is 0.473. The summed E-state index contributed by atoms with van der Waals surface area (Å²) in [5.41, 5.74) is 0.870. The van der Waals surface area contributed by atoms with Gasteiger partial charge in [-0.1, -0.05) is 11.2 Å². The van der Waals surface area contributed by atoms with E-state index in [4.69, 9.17) is 4.52 Å². The molecule has 0 radical (unpaired) electrons. The highest BCUT2D eigenvalue weighted by atomic mass is 32.2. The van der Waals surface area contributed by atoms with Crippen LogP contribution in [0.25, 0.3) is 23.0 Å². The van der Waals surface area contributed by atoms with Crippen molar-refractivity contribution in [3.05, 3.63) is 71.5 Å². The van der Waals surface area contributed by atoms with Crippen molar-refractivity contribution in [3.63, 3.8) is 0 Å². The molecule has 3 heterocycles. The molecule has 0 bridgehead atoms. The molecule has 0 fully saturated rings. The van der Waals surface area contributed by atoms with Crippen LogP contribution < -0.4 is 10.9 Å². The summed E-state index contributed by atoms with van der Waals surface area (Å²) in [5.74, 6) is -0.0549. The number of hydrogen-bond donors (Lipinski definition) is 1. The smallest absolute Gasteiger partial charge is 0.263 e. The van der Waals surface area contributed by atoms with E-state index in [1.807, 2.05) is 24.5 Å². The van der Waals surface area contributed by atoms with Gasteiger partial charge < -0.3 is 14.4 Å². The van der Waals surface area contributed by atoms with Gasteiger partial charge in [-0.05, 0) is 36.6 Å². The molecular weight excluding hydrogens is 404 g/mol. The molecule has 0 saturated carbocycles. The third-order valence-corrected chi connectivity index (χ3v) is 4.86. The number of hydrogen-bond acceptors (Lipinski definition) is 8. The first kappa shape index (κ1) is 19.5. The van der Waals surface area contributed by atoms with Crippen LogP contribution in [0.3, 0.4) is 0 Å². The Hall–Kier alpha value is -3.79. The fraction of sp³-hybridized carbons (Fsp3) is 0.100. The summed E-state index contributed by atoms with van der Waals surface area (Å²) in [6, 6.07) is 10.7. The molecule has 0 aliphatic rings. The molecule has 150 valence electrons. The number of rotatable bonds is 6. The average Bonchev–Trinajstić information content (AvgIpc) is 3.26. The molecule has 1 amide bonds. The Morgan fingerprint density at radius 2 is 2.13 bits per heavy atom. The highest BCUT2D eigenvalue weighted by molar-refractivity contribution is 7.98. The van der Waals surface area contributed by atoms with Crippen LogP contribution in [0.4, 0.5) is 5.69 Å². The Kier molecular flexibility index (Phi) is 5.66. The Balaban J connectivity index is 1.54. The van der Waals surface area contributed by atoms with E-state index in [-0.39, 0.29) is 29.7 Å². The van der Waals surface area contributed by atoms with Gasteiger partial charge >= 0.3 is 0 Å². The first-order chi connectivity index (χ1) is 14.6. The number of pyridine rings is 1. The van der Waals surface area contributed by atoms with Crippen LogP contribution >= 0.6 is 11.8 Å². The SMILES string of the molecule is CSc1cccc(NC(=O)Cn2cccc(-c3nc(-c4cnccn4)no3)c2=O)c1. The summed E-state index contributed by atoms with van der Waals surface area (Å²) >= 11 is 1.58. The van der Waals surface area contributed by atoms with Crippen molar-refractivity contribution in [1.82, 2.24) is 24.7 Å². The zero-order chi connectivity index (χ0) is 20.9. The van der Waals surface area contributed by atoms with Gasteiger partial charge in [0.05, 0.1) is 6.20 Å². The zero-order valence-corrected chi connectivity index (χ0v) is 16.7. The summed E-state index contributed by atoms with van der Waals surface area (Å²) in [4.78, 5) is 38.6. The number of thioether (sulfide) groups is 1. The van der Waals surface area contributed by atoms with Crippen molar-refractivity contribution in [1.29, 1.82) is 0 Å². The van der Waals surface area contributed by atoms with E-state index in [0.29, 0.717) is 11.4 Å². The Morgan fingerprint density at radius 3 is 2.93 bits per heavy atom. The largest absolute Gasteiger partial charge is 0.333 e. The molecule has 0 atom stereocenters. The van der Waals surface area contributed by atoms with Gasteiger partial charge in [-0.3, -0.25) is 14.6 Å². The molecule has 0 saturated heterocycles. The predicted octanol–water partition coefficient (Wildman–Crippen LogP) is 2.72. The lowest BCUT2D eigenvalue weighted by Gasteiger charge is -2.09. The van der Waals surface area contributed by atoms with Gasteiger partial charge in [-0.2, -0.15) is 4.98 Å². The molecule has 1 aromatic carbocycles. The second-order valence-electron chi connectivity index (χ2n) is 6.15. The van der Waals surface area contributed by atoms with Crippen LogP contribution in [0.1, 0.15) is 0 Å². The lowest BCUT2D eigenvalue weighted by atomic mass is 10.2. The number of carbonyl (C=O) groups is 1. The van der Waals surface area contributed by atoms with E-state index in [0.717, 1.165) is 4.90 Å². The van der Waals surface area contributed by atoms with Gasteiger partial charge in [0, 0.05) is 29.2 Å². The molecule has 0 aliphatic carbocycles. The zero-order valence-electron chi connectivity index (χ0n) is 15.8. The van der Waals surface area contributed by atoms with E-state index in [2.05, 4.69) is 25.4 Å². The average molecular weight is 420 g/mol. The Bertz CT molecular complexity index is 1240. The van der Waals surface area contributed by atoms with Crippen molar-refractivity contribution < 1.29 is 9.32 Å². The number of nitrogens with one attached hydrogen (secondary N) is 1. The molecule has 0 unspecified atom stereocenters. The fourth-order valence-corrected chi connectivity index (χ4v) is 3.19. The normalized spacial score (nSPS) is 10.7. The van der Waals surface area contributed by atoms with Crippen LogP contribution in [0, 0.1) is 0 Å². The van der Waals surface area contributed by atoms with Gasteiger partial charge in [-0.15, -0.1) is 11.8 Å². The molecule has 4 aromatic rings. The summed E-state index contributed by atoms with van der Waals surface area (Å²) in [6.45, 7) is -0.151. The van der Waals surface area contributed by atoms with Crippen LogP contribution in [-0.2, 0) is 11.3 Å². The van der Waals surface area contributed by atoms with E-state index < -0.39 is 5.56 Å². The second-order valence-corrected chi connectivity index (χ2v) is 7.03. The topological polar surface area (TPSA) is 116 Å². The highest BCUT2D eigenvalue weighted by Gasteiger charge is 2.16. The molecule has 0 spiro atoms. The van der Waals surface area contributed by atoms with Gasteiger partial charge in [0.2, 0.25) is 11.7 Å². The molecule has 1 N–H and O–H groups in total. The minimum Gasteiger partial charge on any atom is -0.333 e. The van der Waals surface area contributed by atoms with E-state index in [1.165, 1.54) is 29.4 Å². The predicted molar refractivity (Wildman–Crippen MR) is 112 cm³/mol. The van der Waals surface area contributed by atoms with Crippen LogP contribution in [0.15, 0.2) is 75.4 Å². The molecule has 9 nitrogen and oxygen atoms in total. The van der Waals surface area contributed by atoms with Crippen LogP contribution in [0.5, 0.6) is 0 Å². The summed E-state index contributed by atoms with van der Waals surface area (Å²) in [5, 5.41) is 6.65. The molecular formula is C20H16N6O3S. The standard InChI is InChI=1S/C20H16N6O3S/c1-30-14-5-2-4-13(10-14)23-17(27)12-26-9-3-6-15(20(26)28)19-24-18(25-29-19)16-11-21-7-8-22-16/h2-11H,12H2,1H3,(H,23,27).